The molecule has 5 heterocycles. The maximum Gasteiger partial charge on any atom is 0.416 e. The van der Waals surface area contributed by atoms with E-state index in [1.165, 1.54) is 49.1 Å². The Morgan fingerprint density at radius 3 is 1.95 bits per heavy atom. The third-order valence-corrected chi connectivity index (χ3v) is 10.9. The van der Waals surface area contributed by atoms with Gasteiger partial charge in [-0.25, -0.2) is 14.6 Å². The van der Waals surface area contributed by atoms with E-state index in [-0.39, 0.29) is 61.6 Å². The number of halogens is 3. The Hall–Kier alpha value is -2.41. The van der Waals surface area contributed by atoms with E-state index in [9.17, 15) is 9.59 Å². The van der Waals surface area contributed by atoms with Crippen LogP contribution in [-0.4, -0.2) is 95.9 Å². The topological polar surface area (TPSA) is 115 Å². The van der Waals surface area contributed by atoms with Gasteiger partial charge in [-0.15, -0.1) is 37.2 Å². The molecule has 0 saturated carbocycles. The van der Waals surface area contributed by atoms with Gasteiger partial charge in [0.25, 0.3) is 0 Å². The molecule has 2 aromatic heterocycles. The van der Waals surface area contributed by atoms with Crippen LogP contribution in [0.3, 0.4) is 0 Å². The molecule has 3 aliphatic heterocycles. The summed E-state index contributed by atoms with van der Waals surface area (Å²) in [5, 5.41) is 3.34. The summed E-state index contributed by atoms with van der Waals surface area (Å²) in [4.78, 5) is 38.3. The number of nitrogens with one attached hydrogen (secondary N) is 1. The number of pyridine rings is 2. The number of likely N-dealkylation sites (tertiary alicyclic amines) is 1. The van der Waals surface area contributed by atoms with Crippen molar-refractivity contribution in [1.29, 1.82) is 0 Å². The molecule has 0 spiro atoms. The predicted octanol–water partition coefficient (Wildman–Crippen LogP) is 9.68. The number of ether oxygens (including phenoxy) is 4. The zero-order chi connectivity index (χ0) is 40.3. The van der Waals surface area contributed by atoms with E-state index in [4.69, 9.17) is 28.9 Å². The number of carbonyl (C=O) groups excluding carboxylic acids is 2. The second-order valence-electron chi connectivity index (χ2n) is 18.4. The van der Waals surface area contributed by atoms with E-state index in [0.717, 1.165) is 94.1 Å². The van der Waals surface area contributed by atoms with Crippen LogP contribution in [0, 0.1) is 5.92 Å². The fraction of sp³-hybridized carbons (Fsp3) is 0.733. The molecule has 2 aromatic rings. The van der Waals surface area contributed by atoms with Gasteiger partial charge in [-0.1, -0.05) is 19.1 Å². The summed E-state index contributed by atoms with van der Waals surface area (Å²) in [6.45, 7) is 20.6. The number of anilines is 1. The first kappa shape index (κ1) is 52.7. The van der Waals surface area contributed by atoms with E-state index in [1.54, 1.807) is 9.80 Å². The standard InChI is InChI=1S/C27H43N3O5.C18H28N2O.3ClH/c1-19-11-12-20-13-14-21(28-23(20)30(19)25(32)35-27(5,6)7)10-8-9-17-33-22-15-16-29(18-22)24(31)34-26(2,3)4;1-14-5-6-15-7-8-16(20-18(15)12-14)4-2-3-11-21-17-9-10-19-13-17;;;/h13-14,19,22H,8-12,15-18H2,1-7H3;7-8,14,17,19H,2-6,9-13H2,1H3;3*1H/t19?,22-;14?,17-;;;/m11.../s1. The molecule has 14 heteroatoms. The first-order valence-electron chi connectivity index (χ1n) is 21.5. The molecule has 4 aliphatic rings. The highest BCUT2D eigenvalue weighted by atomic mass is 35.5. The number of fused-ring (bicyclic) bond motifs is 2. The van der Waals surface area contributed by atoms with E-state index in [2.05, 4.69) is 36.5 Å². The van der Waals surface area contributed by atoms with Gasteiger partial charge >= 0.3 is 12.2 Å². The van der Waals surface area contributed by atoms with Gasteiger partial charge in [0.05, 0.1) is 18.8 Å². The number of hydrogen-bond acceptors (Lipinski definition) is 9. The van der Waals surface area contributed by atoms with Crippen molar-refractivity contribution in [2.75, 3.05) is 44.3 Å². The molecule has 2 saturated heterocycles. The van der Waals surface area contributed by atoms with Crippen molar-refractivity contribution in [3.63, 3.8) is 0 Å². The molecule has 1 aliphatic carbocycles. The van der Waals surface area contributed by atoms with Crippen molar-refractivity contribution in [2.24, 2.45) is 5.92 Å². The number of rotatable bonds is 12. The number of unbranched alkanes of at least 4 members (excludes halogenated alkanes) is 2. The van der Waals surface area contributed by atoms with Crippen LogP contribution in [0.1, 0.15) is 135 Å². The summed E-state index contributed by atoms with van der Waals surface area (Å²) in [6.07, 6.45) is 13.5. The monoisotopic (exact) mass is 885 g/mol. The van der Waals surface area contributed by atoms with Crippen LogP contribution in [0.15, 0.2) is 24.3 Å². The van der Waals surface area contributed by atoms with Gasteiger partial charge < -0.3 is 29.2 Å². The first-order valence-corrected chi connectivity index (χ1v) is 21.5. The molecule has 4 atom stereocenters. The lowest BCUT2D eigenvalue weighted by Crippen LogP contribution is -2.45. The predicted molar refractivity (Wildman–Crippen MR) is 243 cm³/mol. The van der Waals surface area contributed by atoms with Crippen molar-refractivity contribution in [2.45, 2.75) is 168 Å². The number of amides is 2. The molecule has 2 amide bonds. The Labute approximate surface area is 373 Å². The Balaban J connectivity index is 0.000000429. The molecule has 11 nitrogen and oxygen atoms in total. The van der Waals surface area contributed by atoms with Gasteiger partial charge in [0.2, 0.25) is 0 Å². The van der Waals surface area contributed by atoms with Crippen LogP contribution in [0.25, 0.3) is 0 Å². The summed E-state index contributed by atoms with van der Waals surface area (Å²) in [5.74, 6) is 1.54. The third kappa shape index (κ3) is 17.5. The maximum absolute atomic E-state index is 12.9. The second-order valence-corrected chi connectivity index (χ2v) is 18.4. The Bertz CT molecular complexity index is 1580. The maximum atomic E-state index is 12.9. The first-order chi connectivity index (χ1) is 26.6. The highest BCUT2D eigenvalue weighted by molar-refractivity contribution is 5.89. The molecule has 6 rings (SSSR count). The molecule has 0 radical (unpaired) electrons. The molecular formula is C45H74Cl3N5O6. The third-order valence-electron chi connectivity index (χ3n) is 10.9. The number of hydrogen-bond donors (Lipinski definition) is 1. The van der Waals surface area contributed by atoms with Gasteiger partial charge in [-0.2, -0.15) is 0 Å². The lowest BCUT2D eigenvalue weighted by Gasteiger charge is -2.35. The lowest BCUT2D eigenvalue weighted by atomic mass is 9.88. The van der Waals surface area contributed by atoms with Crippen molar-refractivity contribution in [1.82, 2.24) is 20.2 Å². The summed E-state index contributed by atoms with van der Waals surface area (Å²) in [7, 11) is 0. The highest BCUT2D eigenvalue weighted by Gasteiger charge is 2.33. The average Bonchev–Trinajstić information content (AvgIpc) is 3.83. The normalized spacial score (nSPS) is 21.1. The quantitative estimate of drug-likeness (QED) is 0.208. The van der Waals surface area contributed by atoms with Crippen LogP contribution in [0.2, 0.25) is 0 Å². The minimum atomic E-state index is -0.546. The van der Waals surface area contributed by atoms with Crippen LogP contribution in [0.4, 0.5) is 15.4 Å². The second kappa shape index (κ2) is 24.9. The lowest BCUT2D eigenvalue weighted by molar-refractivity contribution is 0.0206. The summed E-state index contributed by atoms with van der Waals surface area (Å²) in [5.41, 5.74) is 5.15. The van der Waals surface area contributed by atoms with Crippen LogP contribution >= 0.6 is 37.2 Å². The Kier molecular flexibility index (Phi) is 22.2. The van der Waals surface area contributed by atoms with Crippen molar-refractivity contribution in [3.8, 4) is 0 Å². The van der Waals surface area contributed by atoms with Gasteiger partial charge in [0.15, 0.2) is 0 Å². The largest absolute Gasteiger partial charge is 0.444 e. The number of carbonyl (C=O) groups is 2. The minimum Gasteiger partial charge on any atom is -0.444 e. The van der Waals surface area contributed by atoms with E-state index in [0.29, 0.717) is 25.8 Å². The van der Waals surface area contributed by atoms with E-state index < -0.39 is 11.2 Å². The Morgan fingerprint density at radius 1 is 0.729 bits per heavy atom. The fourth-order valence-electron chi connectivity index (χ4n) is 7.74. The van der Waals surface area contributed by atoms with Crippen LogP contribution < -0.4 is 10.2 Å². The number of nitrogens with zero attached hydrogens (tertiary/aromatic N) is 4. The summed E-state index contributed by atoms with van der Waals surface area (Å²) in [6, 6.07) is 8.76. The summed E-state index contributed by atoms with van der Waals surface area (Å²) < 4.78 is 23.0. The number of aromatic nitrogens is 2. The van der Waals surface area contributed by atoms with Gasteiger partial charge in [-0.3, -0.25) is 9.88 Å². The molecule has 0 bridgehead atoms. The molecule has 1 N–H and O–H groups in total. The van der Waals surface area contributed by atoms with E-state index >= 15 is 0 Å². The van der Waals surface area contributed by atoms with Gasteiger partial charge in [-0.05, 0) is 168 Å². The molecule has 2 unspecified atom stereocenters. The van der Waals surface area contributed by atoms with Crippen molar-refractivity contribution < 1.29 is 28.5 Å². The Morgan fingerprint density at radius 2 is 1.32 bits per heavy atom. The van der Waals surface area contributed by atoms with Crippen LogP contribution in [-0.2, 0) is 51.1 Å². The highest BCUT2D eigenvalue weighted by Crippen LogP contribution is 2.31. The SMILES string of the molecule is CC1CCc2ccc(CCCCO[C@@H]3CCN(C(=O)OC(C)(C)C)C3)nc2N1C(=O)OC(C)(C)C.CC1CCc2ccc(CCCCO[C@@H]3CCNC3)nc2C1.Cl.Cl.Cl. The molecule has 2 fully saturated rings. The molecule has 0 aromatic carbocycles. The molecule has 336 valence electrons. The zero-order valence-electron chi connectivity index (χ0n) is 37.0. The average molecular weight is 887 g/mol. The number of aryl methyl sites for hydroxylation is 4. The van der Waals surface area contributed by atoms with Crippen molar-refractivity contribution >= 4 is 55.2 Å². The van der Waals surface area contributed by atoms with Gasteiger partial charge in [0, 0.05) is 49.4 Å². The minimum absolute atomic E-state index is 0. The molecule has 59 heavy (non-hydrogen) atoms. The van der Waals surface area contributed by atoms with Gasteiger partial charge in [0.1, 0.15) is 17.0 Å². The molecular weight excluding hydrogens is 813 g/mol. The smallest absolute Gasteiger partial charge is 0.416 e. The summed E-state index contributed by atoms with van der Waals surface area (Å²) >= 11 is 0. The zero-order valence-corrected chi connectivity index (χ0v) is 39.5. The van der Waals surface area contributed by atoms with E-state index in [1.807, 2.05) is 48.5 Å². The van der Waals surface area contributed by atoms with Crippen molar-refractivity contribution in [3.05, 3.63) is 52.5 Å². The van der Waals surface area contributed by atoms with Crippen LogP contribution in [0.5, 0.6) is 0 Å². The fourth-order valence-corrected chi connectivity index (χ4v) is 7.74.